The van der Waals surface area contributed by atoms with Gasteiger partial charge in [0.15, 0.2) is 0 Å². The maximum Gasteiger partial charge on any atom is 0.416 e. The minimum absolute atomic E-state index is 0.0395. The maximum atomic E-state index is 13.6. The zero-order valence-electron chi connectivity index (χ0n) is 18.4. The predicted molar refractivity (Wildman–Crippen MR) is 118 cm³/mol. The number of hydrogen-bond donors (Lipinski definition) is 1. The third-order valence-corrected chi connectivity index (χ3v) is 6.24. The van der Waals surface area contributed by atoms with Crippen molar-refractivity contribution < 1.29 is 27.9 Å². The number of carbonyl (C=O) groups excluding carboxylic acids is 2. The first-order valence-electron chi connectivity index (χ1n) is 10.9. The highest BCUT2D eigenvalue weighted by molar-refractivity contribution is 6.45. The molecule has 0 radical (unpaired) electrons. The number of alkyl halides is 3. The van der Waals surface area contributed by atoms with E-state index in [2.05, 4.69) is 0 Å². The summed E-state index contributed by atoms with van der Waals surface area (Å²) >= 11 is 0. The molecule has 174 valence electrons. The molecule has 1 saturated heterocycles. The average molecular weight is 458 g/mol. The molecule has 4 rings (SSSR count). The number of anilines is 1. The fourth-order valence-corrected chi connectivity index (χ4v) is 4.62. The predicted octanol–water partition coefficient (Wildman–Crippen LogP) is 4.31. The van der Waals surface area contributed by atoms with Crippen molar-refractivity contribution in [3.63, 3.8) is 0 Å². The van der Waals surface area contributed by atoms with E-state index < -0.39 is 23.6 Å². The zero-order chi connectivity index (χ0) is 23.9. The van der Waals surface area contributed by atoms with Crippen LogP contribution >= 0.6 is 0 Å². The van der Waals surface area contributed by atoms with Crippen molar-refractivity contribution >= 4 is 23.1 Å². The summed E-state index contributed by atoms with van der Waals surface area (Å²) in [6.45, 7) is 4.64. The van der Waals surface area contributed by atoms with E-state index in [0.29, 0.717) is 18.7 Å². The summed E-state index contributed by atoms with van der Waals surface area (Å²) in [7, 11) is 0. The normalized spacial score (nSPS) is 19.6. The number of rotatable bonds is 4. The minimum Gasteiger partial charge on any atom is -0.396 e. The summed E-state index contributed by atoms with van der Waals surface area (Å²) in [5.74, 6) is -1.34. The molecule has 2 amide bonds. The number of hydrogen-bond acceptors (Lipinski definition) is 4. The number of aryl methyl sites for hydroxylation is 2. The highest BCUT2D eigenvalue weighted by Gasteiger charge is 2.44. The SMILES string of the molecule is Cc1ccc(C2=C(N3CCCC(CO)C3)C(=O)N(c3cccc(C(F)(F)F)c3)C2=O)c(C)c1. The number of likely N-dealkylation sites (tertiary alicyclic amines) is 1. The van der Waals surface area contributed by atoms with Crippen LogP contribution in [0.3, 0.4) is 0 Å². The second-order valence-corrected chi connectivity index (χ2v) is 8.67. The number of aliphatic hydroxyl groups is 1. The Morgan fingerprint density at radius 2 is 1.82 bits per heavy atom. The smallest absolute Gasteiger partial charge is 0.396 e. The number of benzene rings is 2. The number of nitrogens with zero attached hydrogens (tertiary/aromatic N) is 2. The molecule has 0 bridgehead atoms. The fourth-order valence-electron chi connectivity index (χ4n) is 4.62. The Morgan fingerprint density at radius 1 is 1.06 bits per heavy atom. The van der Waals surface area contributed by atoms with Gasteiger partial charge in [-0.2, -0.15) is 13.2 Å². The van der Waals surface area contributed by atoms with E-state index in [-0.39, 0.29) is 29.5 Å². The molecule has 2 heterocycles. The molecule has 2 aliphatic heterocycles. The van der Waals surface area contributed by atoms with Crippen LogP contribution in [0.15, 0.2) is 48.2 Å². The first kappa shape index (κ1) is 23.0. The van der Waals surface area contributed by atoms with E-state index in [4.69, 9.17) is 0 Å². The van der Waals surface area contributed by atoms with Gasteiger partial charge in [-0.25, -0.2) is 4.90 Å². The molecule has 2 aliphatic rings. The van der Waals surface area contributed by atoms with Gasteiger partial charge >= 0.3 is 6.18 Å². The molecule has 2 aromatic rings. The highest BCUT2D eigenvalue weighted by Crippen LogP contribution is 2.39. The van der Waals surface area contributed by atoms with Crippen LogP contribution in [-0.2, 0) is 15.8 Å². The van der Waals surface area contributed by atoms with Gasteiger partial charge in [0.25, 0.3) is 11.8 Å². The first-order valence-corrected chi connectivity index (χ1v) is 10.9. The highest BCUT2D eigenvalue weighted by atomic mass is 19.4. The van der Waals surface area contributed by atoms with Crippen LogP contribution in [0.2, 0.25) is 0 Å². The molecule has 1 unspecified atom stereocenters. The third-order valence-electron chi connectivity index (χ3n) is 6.24. The lowest BCUT2D eigenvalue weighted by Gasteiger charge is -2.34. The van der Waals surface area contributed by atoms with Gasteiger partial charge < -0.3 is 10.0 Å². The number of imide groups is 1. The lowest BCUT2D eigenvalue weighted by atomic mass is 9.95. The van der Waals surface area contributed by atoms with Crippen LogP contribution in [0.5, 0.6) is 0 Å². The molecule has 0 saturated carbocycles. The summed E-state index contributed by atoms with van der Waals surface area (Å²) < 4.78 is 39.9. The lowest BCUT2D eigenvalue weighted by Crippen LogP contribution is -2.40. The Kier molecular flexibility index (Phi) is 6.05. The summed E-state index contributed by atoms with van der Waals surface area (Å²) in [6, 6.07) is 9.77. The molecule has 8 heteroatoms. The fraction of sp³-hybridized carbons (Fsp3) is 0.360. The number of piperidine rings is 1. The summed E-state index contributed by atoms with van der Waals surface area (Å²) in [5, 5.41) is 9.65. The van der Waals surface area contributed by atoms with Crippen molar-refractivity contribution in [1.29, 1.82) is 0 Å². The molecular weight excluding hydrogens is 433 g/mol. The van der Waals surface area contributed by atoms with E-state index in [1.807, 2.05) is 26.0 Å². The van der Waals surface area contributed by atoms with E-state index in [1.54, 1.807) is 11.0 Å². The van der Waals surface area contributed by atoms with Gasteiger partial charge in [0.1, 0.15) is 5.70 Å². The number of aliphatic hydroxyl groups excluding tert-OH is 1. The topological polar surface area (TPSA) is 60.9 Å². The Bertz CT molecular complexity index is 1140. The molecule has 0 aliphatic carbocycles. The molecule has 1 fully saturated rings. The monoisotopic (exact) mass is 458 g/mol. The second-order valence-electron chi connectivity index (χ2n) is 8.67. The van der Waals surface area contributed by atoms with Gasteiger partial charge in [-0.1, -0.05) is 29.8 Å². The van der Waals surface area contributed by atoms with Gasteiger partial charge in [-0.15, -0.1) is 0 Å². The molecule has 1 N–H and O–H groups in total. The van der Waals surface area contributed by atoms with Crippen molar-refractivity contribution in [3.8, 4) is 0 Å². The summed E-state index contributed by atoms with van der Waals surface area (Å²) in [5.41, 5.74) is 1.69. The summed E-state index contributed by atoms with van der Waals surface area (Å²) in [4.78, 5) is 29.8. The minimum atomic E-state index is -4.60. The molecule has 0 aromatic heterocycles. The van der Waals surface area contributed by atoms with Crippen LogP contribution in [-0.4, -0.2) is 41.5 Å². The molecule has 0 spiro atoms. The Morgan fingerprint density at radius 3 is 2.48 bits per heavy atom. The molecule has 33 heavy (non-hydrogen) atoms. The van der Waals surface area contributed by atoms with Gasteiger partial charge in [0.05, 0.1) is 16.8 Å². The van der Waals surface area contributed by atoms with Crippen LogP contribution in [0.25, 0.3) is 5.57 Å². The van der Waals surface area contributed by atoms with Crippen LogP contribution in [0.1, 0.15) is 35.1 Å². The Hall–Kier alpha value is -3.13. The van der Waals surface area contributed by atoms with E-state index in [9.17, 15) is 27.9 Å². The van der Waals surface area contributed by atoms with Gasteiger partial charge in [0.2, 0.25) is 0 Å². The maximum absolute atomic E-state index is 13.6. The van der Waals surface area contributed by atoms with Crippen LogP contribution in [0.4, 0.5) is 18.9 Å². The van der Waals surface area contributed by atoms with E-state index in [0.717, 1.165) is 41.0 Å². The summed E-state index contributed by atoms with van der Waals surface area (Å²) in [6.07, 6.45) is -3.06. The van der Waals surface area contributed by atoms with Gasteiger partial charge in [0, 0.05) is 19.7 Å². The molecule has 1 atom stereocenters. The van der Waals surface area contributed by atoms with Gasteiger partial charge in [-0.3, -0.25) is 9.59 Å². The molecular formula is C25H25F3N2O3. The number of amides is 2. The number of carbonyl (C=O) groups is 2. The zero-order valence-corrected chi connectivity index (χ0v) is 18.4. The van der Waals surface area contributed by atoms with E-state index >= 15 is 0 Å². The first-order chi connectivity index (χ1) is 15.6. The quantitative estimate of drug-likeness (QED) is 0.694. The van der Waals surface area contributed by atoms with Crippen LogP contribution in [0, 0.1) is 19.8 Å². The average Bonchev–Trinajstić information content (AvgIpc) is 3.03. The Labute approximate surface area is 190 Å². The van der Waals surface area contributed by atoms with E-state index in [1.165, 1.54) is 12.1 Å². The van der Waals surface area contributed by atoms with Crippen LogP contribution < -0.4 is 4.90 Å². The van der Waals surface area contributed by atoms with Crippen molar-refractivity contribution in [2.24, 2.45) is 5.92 Å². The third kappa shape index (κ3) is 4.27. The second kappa shape index (κ2) is 8.67. The van der Waals surface area contributed by atoms with Crippen molar-refractivity contribution in [2.75, 3.05) is 24.6 Å². The van der Waals surface area contributed by atoms with Crippen molar-refractivity contribution in [1.82, 2.24) is 4.90 Å². The lowest BCUT2D eigenvalue weighted by molar-refractivity contribution is -0.137. The van der Waals surface area contributed by atoms with Crippen molar-refractivity contribution in [2.45, 2.75) is 32.9 Å². The molecule has 5 nitrogen and oxygen atoms in total. The van der Waals surface area contributed by atoms with Gasteiger partial charge in [-0.05, 0) is 61.9 Å². The largest absolute Gasteiger partial charge is 0.416 e. The molecule has 2 aromatic carbocycles. The van der Waals surface area contributed by atoms with Crippen molar-refractivity contribution in [3.05, 3.63) is 70.4 Å². The standard InChI is InChI=1S/C25H25F3N2O3/c1-15-8-9-20(16(2)11-15)21-22(29-10-4-5-17(13-29)14-31)24(33)30(23(21)32)19-7-3-6-18(12-19)25(26,27)28/h3,6-9,11-12,17,31H,4-5,10,13-14H2,1-2H3. The Balaban J connectivity index is 1.85. The number of halogens is 3.